The molecule has 0 saturated heterocycles. The Morgan fingerprint density at radius 2 is 1.11 bits per heavy atom. The summed E-state index contributed by atoms with van der Waals surface area (Å²) in [5.74, 6) is 1.95. The second-order valence-corrected chi connectivity index (χ2v) is 17.2. The van der Waals surface area contributed by atoms with Crippen LogP contribution in [0.15, 0.2) is 186 Å². The first-order valence-corrected chi connectivity index (χ1v) is 22.0. The Bertz CT molecular complexity index is 3840. The molecule has 0 fully saturated rings. The van der Waals surface area contributed by atoms with Crippen LogP contribution in [-0.2, 0) is 6.42 Å². The molecule has 1 aliphatic carbocycles. The summed E-state index contributed by atoms with van der Waals surface area (Å²) in [6, 6.07) is 62.7. The van der Waals surface area contributed by atoms with Gasteiger partial charge in [-0.25, -0.2) is 15.0 Å². The summed E-state index contributed by atoms with van der Waals surface area (Å²) in [6.07, 6.45) is 6.45. The third kappa shape index (κ3) is 5.56. The van der Waals surface area contributed by atoms with Crippen LogP contribution in [-0.4, -0.2) is 15.0 Å². The van der Waals surface area contributed by atoms with Crippen molar-refractivity contribution in [3.63, 3.8) is 0 Å². The lowest BCUT2D eigenvalue weighted by Gasteiger charge is -2.19. The van der Waals surface area contributed by atoms with Gasteiger partial charge in [-0.3, -0.25) is 0 Å². The number of thiophene rings is 1. The van der Waals surface area contributed by atoms with Crippen molar-refractivity contribution in [1.82, 2.24) is 15.0 Å². The number of fused-ring (bicyclic) bond motifs is 10. The van der Waals surface area contributed by atoms with E-state index in [4.69, 9.17) is 19.4 Å². The average molecular weight is 810 g/mol. The number of furan rings is 1. The monoisotopic (exact) mass is 809 g/mol. The third-order valence-corrected chi connectivity index (χ3v) is 13.8. The van der Waals surface area contributed by atoms with Gasteiger partial charge in [0.15, 0.2) is 17.5 Å². The summed E-state index contributed by atoms with van der Waals surface area (Å²) in [5.41, 5.74) is 11.5. The summed E-state index contributed by atoms with van der Waals surface area (Å²) in [4.78, 5) is 16.1. The summed E-state index contributed by atoms with van der Waals surface area (Å²) in [5, 5.41) is 9.43. The molecule has 4 nitrogen and oxygen atoms in total. The molecule has 9 aromatic carbocycles. The third-order valence-electron chi connectivity index (χ3n) is 12.6. The van der Waals surface area contributed by atoms with E-state index in [1.54, 1.807) is 0 Å². The molecule has 12 aromatic rings. The van der Waals surface area contributed by atoms with E-state index in [2.05, 4.69) is 188 Å². The molecule has 290 valence electrons. The summed E-state index contributed by atoms with van der Waals surface area (Å²) in [6.45, 7) is 0. The van der Waals surface area contributed by atoms with E-state index >= 15 is 0 Å². The van der Waals surface area contributed by atoms with Gasteiger partial charge >= 0.3 is 0 Å². The van der Waals surface area contributed by atoms with Crippen LogP contribution in [0.3, 0.4) is 0 Å². The van der Waals surface area contributed by atoms with E-state index in [0.29, 0.717) is 17.5 Å². The minimum absolute atomic E-state index is 0.629. The van der Waals surface area contributed by atoms with Gasteiger partial charge in [0.25, 0.3) is 0 Å². The topological polar surface area (TPSA) is 51.8 Å². The molecule has 1 aliphatic rings. The maximum atomic E-state index is 6.86. The summed E-state index contributed by atoms with van der Waals surface area (Å²) in [7, 11) is 0. The van der Waals surface area contributed by atoms with Crippen molar-refractivity contribution in [3.05, 3.63) is 193 Å². The van der Waals surface area contributed by atoms with Crippen LogP contribution in [0.4, 0.5) is 0 Å². The molecule has 0 aliphatic heterocycles. The standard InChI is InChI=1S/C57H35N3OS/c1-2-14-35-31-38(28-27-34(35)13-1)55-58-56(60-57(59-55)49-33-36-15-3-4-16-39(36)41-17-5-6-18-42(41)49)46-21-8-7-19-43(46)45-23-12-25-50-53(45)47-24-11-22-40(54(47)61-50)37-29-30-52-48(32-37)44-20-9-10-26-51(44)62-52/h1-5,7-17,19-33H,6,18H2. The first-order valence-electron chi connectivity index (χ1n) is 21.1. The highest BCUT2D eigenvalue weighted by Crippen LogP contribution is 2.45. The number of benzene rings is 9. The van der Waals surface area contributed by atoms with Crippen molar-refractivity contribution in [2.24, 2.45) is 0 Å². The zero-order valence-electron chi connectivity index (χ0n) is 33.5. The van der Waals surface area contributed by atoms with E-state index < -0.39 is 0 Å². The van der Waals surface area contributed by atoms with Crippen LogP contribution in [0.5, 0.6) is 0 Å². The predicted molar refractivity (Wildman–Crippen MR) is 260 cm³/mol. The van der Waals surface area contributed by atoms with Gasteiger partial charge in [-0.2, -0.15) is 0 Å². The first kappa shape index (κ1) is 35.1. The zero-order chi connectivity index (χ0) is 40.7. The quantitative estimate of drug-likeness (QED) is 0.174. The van der Waals surface area contributed by atoms with E-state index in [-0.39, 0.29) is 0 Å². The van der Waals surface area contributed by atoms with Gasteiger partial charge < -0.3 is 4.42 Å². The maximum Gasteiger partial charge on any atom is 0.164 e. The molecular formula is C57H35N3OS. The van der Waals surface area contributed by atoms with Crippen LogP contribution in [0.25, 0.3) is 126 Å². The lowest BCUT2D eigenvalue weighted by atomic mass is 9.88. The molecule has 5 heteroatoms. The molecule has 0 atom stereocenters. The fourth-order valence-electron chi connectivity index (χ4n) is 9.69. The van der Waals surface area contributed by atoms with E-state index in [1.807, 2.05) is 11.3 Å². The zero-order valence-corrected chi connectivity index (χ0v) is 34.3. The Kier molecular flexibility index (Phi) is 7.87. The van der Waals surface area contributed by atoms with Crippen molar-refractivity contribution in [3.8, 4) is 56.4 Å². The van der Waals surface area contributed by atoms with Crippen molar-refractivity contribution >= 4 is 81.1 Å². The molecule has 3 heterocycles. The van der Waals surface area contributed by atoms with Gasteiger partial charge in [0.1, 0.15) is 11.2 Å². The molecule has 62 heavy (non-hydrogen) atoms. The van der Waals surface area contributed by atoms with E-state index in [0.717, 1.165) is 79.1 Å². The SMILES string of the molecule is C1=Cc2c(c(-c3nc(-c4ccc5ccccc5c4)nc(-c4ccccc4-c4cccc5oc6c(-c7ccc8sc9ccccc9c8c7)cccc6c45)n3)cc3ccccc23)CC1. The molecule has 0 N–H and O–H groups in total. The molecule has 13 rings (SSSR count). The predicted octanol–water partition coefficient (Wildman–Crippen LogP) is 15.7. The molecule has 0 amide bonds. The normalized spacial score (nSPS) is 12.6. The highest BCUT2D eigenvalue weighted by molar-refractivity contribution is 7.25. The lowest BCUT2D eigenvalue weighted by Crippen LogP contribution is -2.05. The highest BCUT2D eigenvalue weighted by atomic mass is 32.1. The largest absolute Gasteiger partial charge is 0.455 e. The van der Waals surface area contributed by atoms with E-state index in [1.165, 1.54) is 47.5 Å². The number of hydrogen-bond donors (Lipinski definition) is 0. The van der Waals surface area contributed by atoms with Crippen molar-refractivity contribution in [2.75, 3.05) is 0 Å². The summed E-state index contributed by atoms with van der Waals surface area (Å²) >= 11 is 1.84. The molecule has 0 radical (unpaired) electrons. The number of nitrogens with zero attached hydrogens (tertiary/aromatic N) is 3. The molecule has 3 aromatic heterocycles. The molecule has 0 bridgehead atoms. The molecule has 0 unspecified atom stereocenters. The van der Waals surface area contributed by atoms with Crippen LogP contribution >= 0.6 is 11.3 Å². The Morgan fingerprint density at radius 3 is 2.03 bits per heavy atom. The Morgan fingerprint density at radius 1 is 0.435 bits per heavy atom. The van der Waals surface area contributed by atoms with Gasteiger partial charge in [0, 0.05) is 53.2 Å². The van der Waals surface area contributed by atoms with Gasteiger partial charge in [0.2, 0.25) is 0 Å². The second-order valence-electron chi connectivity index (χ2n) is 16.2. The number of hydrogen-bond acceptors (Lipinski definition) is 5. The average Bonchev–Trinajstić information content (AvgIpc) is 3.92. The number of para-hydroxylation sites is 1. The van der Waals surface area contributed by atoms with Crippen LogP contribution in [0.2, 0.25) is 0 Å². The van der Waals surface area contributed by atoms with Crippen molar-refractivity contribution in [1.29, 1.82) is 0 Å². The fraction of sp³-hybridized carbons (Fsp3) is 0.0351. The Labute approximate surface area is 361 Å². The Balaban J connectivity index is 1.02. The second kappa shape index (κ2) is 13.9. The van der Waals surface area contributed by atoms with Gasteiger partial charge in [0.05, 0.1) is 0 Å². The van der Waals surface area contributed by atoms with Gasteiger partial charge in [-0.1, -0.05) is 152 Å². The van der Waals surface area contributed by atoms with Crippen LogP contribution in [0.1, 0.15) is 17.5 Å². The minimum Gasteiger partial charge on any atom is -0.455 e. The maximum absolute atomic E-state index is 6.86. The number of aromatic nitrogens is 3. The molecule has 0 saturated carbocycles. The molecular weight excluding hydrogens is 775 g/mol. The van der Waals surface area contributed by atoms with E-state index in [9.17, 15) is 0 Å². The summed E-state index contributed by atoms with van der Waals surface area (Å²) < 4.78 is 9.44. The smallest absolute Gasteiger partial charge is 0.164 e. The fourth-order valence-corrected chi connectivity index (χ4v) is 10.8. The van der Waals surface area contributed by atoms with Gasteiger partial charge in [-0.05, 0) is 98.6 Å². The lowest BCUT2D eigenvalue weighted by molar-refractivity contribution is 0.670. The van der Waals surface area contributed by atoms with Crippen LogP contribution in [0, 0.1) is 0 Å². The number of allylic oxidation sites excluding steroid dienone is 1. The van der Waals surface area contributed by atoms with Crippen molar-refractivity contribution in [2.45, 2.75) is 12.8 Å². The van der Waals surface area contributed by atoms with Crippen LogP contribution < -0.4 is 0 Å². The van der Waals surface area contributed by atoms with Crippen molar-refractivity contribution < 1.29 is 4.42 Å². The first-order chi connectivity index (χ1) is 30.7. The Hall–Kier alpha value is -7.73. The number of rotatable bonds is 5. The highest BCUT2D eigenvalue weighted by Gasteiger charge is 2.23. The van der Waals surface area contributed by atoms with Gasteiger partial charge in [-0.15, -0.1) is 11.3 Å². The molecule has 0 spiro atoms. The minimum atomic E-state index is 0.629.